The van der Waals surface area contributed by atoms with E-state index in [1.807, 2.05) is 38.1 Å². The molecule has 0 saturated heterocycles. The highest BCUT2D eigenvalue weighted by Crippen LogP contribution is 2.24. The number of nitrogens with two attached hydrogens (primary N) is 1. The molecule has 6 nitrogen and oxygen atoms in total. The Bertz CT molecular complexity index is 757. The quantitative estimate of drug-likeness (QED) is 0.761. The molecular weight excluding hydrogens is 332 g/mol. The Hall–Kier alpha value is -3.02. The Morgan fingerprint density at radius 1 is 1.08 bits per heavy atom. The Morgan fingerprint density at radius 3 is 2.35 bits per heavy atom. The largest absolute Gasteiger partial charge is 0.497 e. The van der Waals surface area contributed by atoms with E-state index in [9.17, 15) is 9.59 Å². The third-order valence-electron chi connectivity index (χ3n) is 3.91. The zero-order valence-electron chi connectivity index (χ0n) is 15.2. The van der Waals surface area contributed by atoms with Crippen molar-refractivity contribution in [2.75, 3.05) is 13.7 Å². The highest BCUT2D eigenvalue weighted by molar-refractivity contribution is 5.94. The number of carbonyl (C=O) groups excluding carboxylic acids is 2. The van der Waals surface area contributed by atoms with Crippen LogP contribution in [0.2, 0.25) is 0 Å². The van der Waals surface area contributed by atoms with Crippen molar-refractivity contribution in [3.8, 4) is 11.5 Å². The second-order valence-electron chi connectivity index (χ2n) is 6.25. The van der Waals surface area contributed by atoms with Crippen LogP contribution in [0.3, 0.4) is 0 Å². The van der Waals surface area contributed by atoms with Crippen molar-refractivity contribution < 1.29 is 19.1 Å². The topological polar surface area (TPSA) is 90.7 Å². The molecule has 1 unspecified atom stereocenters. The maximum Gasteiger partial charge on any atom is 0.255 e. The number of ether oxygens (including phenoxy) is 2. The van der Waals surface area contributed by atoms with Crippen molar-refractivity contribution in [2.45, 2.75) is 19.9 Å². The number of rotatable bonds is 8. The van der Waals surface area contributed by atoms with E-state index >= 15 is 0 Å². The SMILES string of the molecule is COc1ccc(C(NC(=O)c2cccc(OCC(N)=O)c2)C(C)C)cc1. The summed E-state index contributed by atoms with van der Waals surface area (Å²) in [6.07, 6.45) is 0. The van der Waals surface area contributed by atoms with Crippen LogP contribution in [0, 0.1) is 5.92 Å². The molecule has 2 amide bonds. The maximum atomic E-state index is 12.7. The van der Waals surface area contributed by atoms with E-state index in [0.717, 1.165) is 11.3 Å². The van der Waals surface area contributed by atoms with Gasteiger partial charge in [-0.25, -0.2) is 0 Å². The Balaban J connectivity index is 2.14. The van der Waals surface area contributed by atoms with Gasteiger partial charge in [0.2, 0.25) is 0 Å². The van der Waals surface area contributed by atoms with Crippen molar-refractivity contribution in [1.29, 1.82) is 0 Å². The average molecular weight is 356 g/mol. The molecule has 26 heavy (non-hydrogen) atoms. The Morgan fingerprint density at radius 2 is 1.77 bits per heavy atom. The lowest BCUT2D eigenvalue weighted by Gasteiger charge is -2.23. The summed E-state index contributed by atoms with van der Waals surface area (Å²) >= 11 is 0. The number of nitrogens with one attached hydrogen (secondary N) is 1. The minimum absolute atomic E-state index is 0.149. The van der Waals surface area contributed by atoms with Gasteiger partial charge in [-0.2, -0.15) is 0 Å². The zero-order valence-corrected chi connectivity index (χ0v) is 15.2. The van der Waals surface area contributed by atoms with E-state index in [2.05, 4.69) is 5.32 Å². The molecule has 3 N–H and O–H groups in total. The van der Waals surface area contributed by atoms with E-state index < -0.39 is 5.91 Å². The summed E-state index contributed by atoms with van der Waals surface area (Å²) in [5, 5.41) is 3.05. The molecule has 138 valence electrons. The van der Waals surface area contributed by atoms with Crippen LogP contribution in [0.25, 0.3) is 0 Å². The average Bonchev–Trinajstić information content (AvgIpc) is 2.64. The lowest BCUT2D eigenvalue weighted by Crippen LogP contribution is -2.31. The van der Waals surface area contributed by atoms with Gasteiger partial charge in [-0.05, 0) is 41.8 Å². The fourth-order valence-corrected chi connectivity index (χ4v) is 2.55. The normalized spacial score (nSPS) is 11.7. The van der Waals surface area contributed by atoms with Crippen LogP contribution < -0.4 is 20.5 Å². The molecule has 2 aromatic carbocycles. The van der Waals surface area contributed by atoms with Crippen molar-refractivity contribution in [2.24, 2.45) is 11.7 Å². The van der Waals surface area contributed by atoms with Crippen LogP contribution in [-0.4, -0.2) is 25.5 Å². The number of primary amides is 1. The molecule has 2 aromatic rings. The fraction of sp³-hybridized carbons (Fsp3) is 0.300. The van der Waals surface area contributed by atoms with Gasteiger partial charge < -0.3 is 20.5 Å². The van der Waals surface area contributed by atoms with Crippen LogP contribution in [0.5, 0.6) is 11.5 Å². The van der Waals surface area contributed by atoms with Gasteiger partial charge in [0.25, 0.3) is 11.8 Å². The maximum absolute atomic E-state index is 12.7. The fourth-order valence-electron chi connectivity index (χ4n) is 2.55. The standard InChI is InChI=1S/C20H24N2O4/c1-13(2)19(14-7-9-16(25-3)10-8-14)22-20(24)15-5-4-6-17(11-15)26-12-18(21)23/h4-11,13,19H,12H2,1-3H3,(H2,21,23)(H,22,24). The predicted molar refractivity (Wildman–Crippen MR) is 99.2 cm³/mol. The van der Waals surface area contributed by atoms with Crippen LogP contribution in [0.1, 0.15) is 35.8 Å². The molecule has 0 radical (unpaired) electrons. The molecule has 0 aliphatic rings. The summed E-state index contributed by atoms with van der Waals surface area (Å²) < 4.78 is 10.4. The van der Waals surface area contributed by atoms with Crippen molar-refractivity contribution in [3.63, 3.8) is 0 Å². The van der Waals surface area contributed by atoms with Crippen molar-refractivity contribution in [1.82, 2.24) is 5.32 Å². The molecule has 0 bridgehead atoms. The Kier molecular flexibility index (Phi) is 6.60. The van der Waals surface area contributed by atoms with Gasteiger partial charge in [-0.1, -0.05) is 32.0 Å². The number of hydrogen-bond acceptors (Lipinski definition) is 4. The molecule has 0 heterocycles. The lowest BCUT2D eigenvalue weighted by atomic mass is 9.95. The molecule has 0 spiro atoms. The summed E-state index contributed by atoms with van der Waals surface area (Å²) in [7, 11) is 1.62. The number of hydrogen-bond donors (Lipinski definition) is 2. The van der Waals surface area contributed by atoms with Gasteiger partial charge in [0.05, 0.1) is 13.2 Å². The number of carbonyl (C=O) groups is 2. The van der Waals surface area contributed by atoms with Gasteiger partial charge in [0, 0.05) is 5.56 Å². The third-order valence-corrected chi connectivity index (χ3v) is 3.91. The number of amides is 2. The van der Waals surface area contributed by atoms with Crippen LogP contribution in [0.15, 0.2) is 48.5 Å². The molecule has 6 heteroatoms. The second-order valence-corrected chi connectivity index (χ2v) is 6.25. The molecule has 0 aliphatic heterocycles. The smallest absolute Gasteiger partial charge is 0.255 e. The van der Waals surface area contributed by atoms with Crippen molar-refractivity contribution >= 4 is 11.8 Å². The Labute approximate surface area is 153 Å². The molecular formula is C20H24N2O4. The molecule has 0 saturated carbocycles. The molecule has 0 aromatic heterocycles. The first-order valence-corrected chi connectivity index (χ1v) is 8.36. The second kappa shape index (κ2) is 8.89. The molecule has 0 aliphatic carbocycles. The minimum atomic E-state index is -0.570. The van der Waals surface area contributed by atoms with E-state index in [1.165, 1.54) is 0 Å². The van der Waals surface area contributed by atoms with E-state index in [4.69, 9.17) is 15.2 Å². The van der Waals surface area contributed by atoms with E-state index in [1.54, 1.807) is 31.4 Å². The number of benzene rings is 2. The molecule has 1 atom stereocenters. The highest BCUT2D eigenvalue weighted by Gasteiger charge is 2.19. The van der Waals surface area contributed by atoms with Crippen LogP contribution in [-0.2, 0) is 4.79 Å². The lowest BCUT2D eigenvalue weighted by molar-refractivity contribution is -0.119. The van der Waals surface area contributed by atoms with Crippen LogP contribution >= 0.6 is 0 Å². The third kappa shape index (κ3) is 5.24. The minimum Gasteiger partial charge on any atom is -0.497 e. The summed E-state index contributed by atoms with van der Waals surface area (Å²) in [6.45, 7) is 3.86. The first-order chi connectivity index (χ1) is 12.4. The summed E-state index contributed by atoms with van der Waals surface area (Å²) in [5.41, 5.74) is 6.52. The van der Waals surface area contributed by atoms with Crippen LogP contribution in [0.4, 0.5) is 0 Å². The van der Waals surface area contributed by atoms with E-state index in [0.29, 0.717) is 11.3 Å². The first kappa shape index (κ1) is 19.3. The molecule has 0 fully saturated rings. The van der Waals surface area contributed by atoms with Gasteiger partial charge in [-0.15, -0.1) is 0 Å². The monoisotopic (exact) mass is 356 g/mol. The number of methoxy groups -OCH3 is 1. The summed E-state index contributed by atoms with van der Waals surface area (Å²) in [5.74, 6) is 0.591. The zero-order chi connectivity index (χ0) is 19.1. The highest BCUT2D eigenvalue weighted by atomic mass is 16.5. The van der Waals surface area contributed by atoms with Gasteiger partial charge in [0.15, 0.2) is 6.61 Å². The predicted octanol–water partition coefficient (Wildman–Crippen LogP) is 2.69. The van der Waals surface area contributed by atoms with Gasteiger partial charge >= 0.3 is 0 Å². The van der Waals surface area contributed by atoms with Gasteiger partial charge in [-0.3, -0.25) is 9.59 Å². The van der Waals surface area contributed by atoms with Crippen molar-refractivity contribution in [3.05, 3.63) is 59.7 Å². The summed E-state index contributed by atoms with van der Waals surface area (Å²) in [6, 6.07) is 14.1. The first-order valence-electron chi connectivity index (χ1n) is 8.36. The van der Waals surface area contributed by atoms with E-state index in [-0.39, 0.29) is 24.5 Å². The summed E-state index contributed by atoms with van der Waals surface area (Å²) in [4.78, 5) is 23.5. The molecule has 2 rings (SSSR count). The van der Waals surface area contributed by atoms with Gasteiger partial charge in [0.1, 0.15) is 11.5 Å².